The van der Waals surface area contributed by atoms with Gasteiger partial charge in [0.15, 0.2) is 0 Å². The van der Waals surface area contributed by atoms with Gasteiger partial charge in [0.05, 0.1) is 0 Å². The number of carbonyl (C=O) groups excluding carboxylic acids is 1. The monoisotopic (exact) mass is 214 g/mol. The van der Waals surface area contributed by atoms with Gasteiger partial charge in [0.1, 0.15) is 0 Å². The predicted molar refractivity (Wildman–Crippen MR) is 56.2 cm³/mol. The Balaban J connectivity index is 2.50. The van der Waals surface area contributed by atoms with E-state index in [4.69, 9.17) is 5.73 Å². The Kier molecular flexibility index (Phi) is 3.82. The van der Waals surface area contributed by atoms with Crippen molar-refractivity contribution in [2.24, 2.45) is 0 Å². The molecule has 0 aliphatic rings. The molecule has 6 heteroatoms. The van der Waals surface area contributed by atoms with Gasteiger partial charge in [0, 0.05) is 6.04 Å². The molecule has 5 nitrogen and oxygen atoms in total. The zero-order chi connectivity index (χ0) is 10.6. The van der Waals surface area contributed by atoms with Gasteiger partial charge in [-0.2, -0.15) is 0 Å². The molecule has 14 heavy (non-hydrogen) atoms. The molecule has 0 aliphatic carbocycles. The largest absolute Gasteiger partial charge is 0.374 e. The third-order valence-electron chi connectivity index (χ3n) is 1.73. The van der Waals surface area contributed by atoms with E-state index in [1.54, 1.807) is 0 Å². The lowest BCUT2D eigenvalue weighted by molar-refractivity contribution is 0.0937. The van der Waals surface area contributed by atoms with Crippen LogP contribution in [0.15, 0.2) is 0 Å². The maximum Gasteiger partial charge on any atom is 0.282 e. The van der Waals surface area contributed by atoms with Gasteiger partial charge >= 0.3 is 0 Å². The van der Waals surface area contributed by atoms with Crippen LogP contribution in [0.1, 0.15) is 36.5 Å². The summed E-state index contributed by atoms with van der Waals surface area (Å²) in [6, 6.07) is 0.164. The van der Waals surface area contributed by atoms with Crippen LogP contribution >= 0.6 is 11.3 Å². The van der Waals surface area contributed by atoms with Crippen LogP contribution < -0.4 is 11.1 Å². The lowest BCUT2D eigenvalue weighted by atomic mass is 10.2. The Hall–Kier alpha value is -1.17. The number of hydrogen-bond acceptors (Lipinski definition) is 5. The minimum absolute atomic E-state index is 0.164. The minimum Gasteiger partial charge on any atom is -0.374 e. The highest BCUT2D eigenvalue weighted by atomic mass is 32.1. The van der Waals surface area contributed by atoms with Gasteiger partial charge in [-0.3, -0.25) is 4.79 Å². The van der Waals surface area contributed by atoms with Crippen molar-refractivity contribution in [3.63, 3.8) is 0 Å². The van der Waals surface area contributed by atoms with Crippen LogP contribution in [0.25, 0.3) is 0 Å². The normalized spacial score (nSPS) is 12.4. The summed E-state index contributed by atoms with van der Waals surface area (Å²) in [5.74, 6) is -0.194. The summed E-state index contributed by atoms with van der Waals surface area (Å²) >= 11 is 1.10. The van der Waals surface area contributed by atoms with E-state index in [0.717, 1.165) is 24.2 Å². The molecule has 1 rings (SSSR count). The van der Waals surface area contributed by atoms with Crippen LogP contribution in [-0.4, -0.2) is 22.1 Å². The summed E-state index contributed by atoms with van der Waals surface area (Å²) in [5, 5.41) is 10.7. The lowest BCUT2D eigenvalue weighted by Crippen LogP contribution is -2.32. The standard InChI is InChI=1S/C8H14N4OS/c1-3-4-5(2)10-6(13)7-11-12-8(9)14-7/h5H,3-4H2,1-2H3,(H2,9,12)(H,10,13). The summed E-state index contributed by atoms with van der Waals surface area (Å²) in [6.07, 6.45) is 2.00. The quantitative estimate of drug-likeness (QED) is 0.784. The van der Waals surface area contributed by atoms with Crippen LogP contribution in [0.2, 0.25) is 0 Å². The second-order valence-electron chi connectivity index (χ2n) is 3.11. The topological polar surface area (TPSA) is 80.9 Å². The number of hydrogen-bond donors (Lipinski definition) is 2. The zero-order valence-electron chi connectivity index (χ0n) is 8.28. The molecule has 1 aromatic rings. The van der Waals surface area contributed by atoms with Crippen molar-refractivity contribution in [1.29, 1.82) is 0 Å². The van der Waals surface area contributed by atoms with E-state index in [-0.39, 0.29) is 11.9 Å². The van der Waals surface area contributed by atoms with Crippen molar-refractivity contribution in [1.82, 2.24) is 15.5 Å². The summed E-state index contributed by atoms with van der Waals surface area (Å²) in [6.45, 7) is 4.04. The Bertz CT molecular complexity index is 312. The Morgan fingerprint density at radius 2 is 2.36 bits per heavy atom. The van der Waals surface area contributed by atoms with Gasteiger partial charge in [-0.25, -0.2) is 0 Å². The molecule has 1 amide bonds. The summed E-state index contributed by atoms with van der Waals surface area (Å²) < 4.78 is 0. The highest BCUT2D eigenvalue weighted by molar-refractivity contribution is 7.16. The molecular weight excluding hydrogens is 200 g/mol. The minimum atomic E-state index is -0.194. The number of carbonyl (C=O) groups is 1. The molecule has 1 atom stereocenters. The number of anilines is 1. The number of nitrogen functional groups attached to an aromatic ring is 1. The first-order valence-electron chi connectivity index (χ1n) is 4.53. The van der Waals surface area contributed by atoms with Gasteiger partial charge in [-0.05, 0) is 13.3 Å². The number of nitrogens with two attached hydrogens (primary N) is 1. The third kappa shape index (κ3) is 2.95. The van der Waals surface area contributed by atoms with E-state index < -0.39 is 0 Å². The molecule has 0 aromatic carbocycles. The van der Waals surface area contributed by atoms with Gasteiger partial charge in [-0.1, -0.05) is 24.7 Å². The number of rotatable bonds is 4. The van der Waals surface area contributed by atoms with Crippen LogP contribution in [0, 0.1) is 0 Å². The maximum absolute atomic E-state index is 11.5. The Morgan fingerprint density at radius 3 is 2.86 bits per heavy atom. The first-order chi connectivity index (χ1) is 6.63. The van der Waals surface area contributed by atoms with Gasteiger partial charge < -0.3 is 11.1 Å². The van der Waals surface area contributed by atoms with Gasteiger partial charge in [0.2, 0.25) is 10.1 Å². The molecule has 0 bridgehead atoms. The Morgan fingerprint density at radius 1 is 1.64 bits per heavy atom. The highest BCUT2D eigenvalue weighted by Crippen LogP contribution is 2.10. The fraction of sp³-hybridized carbons (Fsp3) is 0.625. The van der Waals surface area contributed by atoms with Crippen molar-refractivity contribution in [3.05, 3.63) is 5.01 Å². The average Bonchev–Trinajstić information content (AvgIpc) is 2.52. The van der Waals surface area contributed by atoms with Crippen LogP contribution in [0.4, 0.5) is 5.13 Å². The van der Waals surface area contributed by atoms with Crippen LogP contribution in [0.3, 0.4) is 0 Å². The van der Waals surface area contributed by atoms with Crippen molar-refractivity contribution in [3.8, 4) is 0 Å². The van der Waals surface area contributed by atoms with Crippen molar-refractivity contribution in [2.45, 2.75) is 32.7 Å². The van der Waals surface area contributed by atoms with Crippen LogP contribution in [-0.2, 0) is 0 Å². The molecule has 1 heterocycles. The lowest BCUT2D eigenvalue weighted by Gasteiger charge is -2.10. The molecule has 1 unspecified atom stereocenters. The van der Waals surface area contributed by atoms with Crippen molar-refractivity contribution in [2.75, 3.05) is 5.73 Å². The van der Waals surface area contributed by atoms with Gasteiger partial charge in [-0.15, -0.1) is 10.2 Å². The molecule has 0 fully saturated rings. The predicted octanol–water partition coefficient (Wildman–Crippen LogP) is 1.04. The number of aromatic nitrogens is 2. The highest BCUT2D eigenvalue weighted by Gasteiger charge is 2.13. The van der Waals surface area contributed by atoms with E-state index in [2.05, 4.69) is 22.4 Å². The molecule has 3 N–H and O–H groups in total. The second-order valence-corrected chi connectivity index (χ2v) is 4.12. The first-order valence-corrected chi connectivity index (χ1v) is 5.35. The molecule has 0 saturated carbocycles. The summed E-state index contributed by atoms with van der Waals surface area (Å²) in [7, 11) is 0. The molecule has 0 spiro atoms. The number of nitrogens with one attached hydrogen (secondary N) is 1. The fourth-order valence-electron chi connectivity index (χ4n) is 1.12. The molecule has 0 radical (unpaired) electrons. The SMILES string of the molecule is CCCC(C)NC(=O)c1nnc(N)s1. The summed E-state index contributed by atoms with van der Waals surface area (Å²) in [5.41, 5.74) is 5.37. The van der Waals surface area contributed by atoms with E-state index in [1.807, 2.05) is 6.92 Å². The first kappa shape index (κ1) is 10.9. The smallest absolute Gasteiger partial charge is 0.282 e. The number of nitrogens with zero attached hydrogens (tertiary/aromatic N) is 2. The molecule has 1 aromatic heterocycles. The van der Waals surface area contributed by atoms with E-state index in [9.17, 15) is 4.79 Å². The molecule has 0 aliphatic heterocycles. The molecule has 78 valence electrons. The summed E-state index contributed by atoms with van der Waals surface area (Å²) in [4.78, 5) is 11.5. The van der Waals surface area contributed by atoms with E-state index >= 15 is 0 Å². The fourth-order valence-corrected chi connectivity index (χ4v) is 1.63. The van der Waals surface area contributed by atoms with Gasteiger partial charge in [0.25, 0.3) is 5.91 Å². The van der Waals surface area contributed by atoms with E-state index in [0.29, 0.717) is 10.1 Å². The average molecular weight is 214 g/mol. The number of amides is 1. The second kappa shape index (κ2) is 4.90. The van der Waals surface area contributed by atoms with Crippen molar-refractivity contribution >= 4 is 22.4 Å². The Labute approximate surface area is 86.7 Å². The third-order valence-corrected chi connectivity index (χ3v) is 2.49. The zero-order valence-corrected chi connectivity index (χ0v) is 9.10. The molecule has 0 saturated heterocycles. The molecular formula is C8H14N4OS. The van der Waals surface area contributed by atoms with Crippen molar-refractivity contribution < 1.29 is 4.79 Å². The van der Waals surface area contributed by atoms with Crippen LogP contribution in [0.5, 0.6) is 0 Å². The maximum atomic E-state index is 11.5. The van der Waals surface area contributed by atoms with E-state index in [1.165, 1.54) is 0 Å².